The van der Waals surface area contributed by atoms with Crippen LogP contribution in [0.4, 0.5) is 0 Å². The van der Waals surface area contributed by atoms with Gasteiger partial charge in [-0.2, -0.15) is 0 Å². The Morgan fingerprint density at radius 3 is 1.10 bits per heavy atom. The minimum absolute atomic E-state index is 0.615. The molecule has 0 aromatic rings. The summed E-state index contributed by atoms with van der Waals surface area (Å²) < 4.78 is 0. The molecular formula is C12H26O9. The van der Waals surface area contributed by atoms with Crippen LogP contribution in [0.3, 0.4) is 0 Å². The zero-order valence-corrected chi connectivity index (χ0v) is 11.7. The van der Waals surface area contributed by atoms with E-state index in [0.717, 1.165) is 0 Å². The van der Waals surface area contributed by atoms with E-state index in [1.165, 1.54) is 0 Å². The molecule has 9 N–H and O–H groups in total. The molecule has 0 saturated heterocycles. The Balaban J connectivity index is 5.38. The third-order valence-corrected chi connectivity index (χ3v) is 3.48. The Hall–Kier alpha value is -0.360. The van der Waals surface area contributed by atoms with Crippen molar-refractivity contribution in [3.8, 4) is 0 Å². The summed E-state index contributed by atoms with van der Waals surface area (Å²) >= 11 is 0. The fraction of sp³-hybridized carbons (Fsp3) is 1.00. The molecule has 0 aliphatic rings. The molecule has 0 rings (SSSR count). The second kappa shape index (κ2) is 8.93. The minimum Gasteiger partial charge on any atom is -0.394 e. The van der Waals surface area contributed by atoms with Gasteiger partial charge in [-0.3, -0.25) is 0 Å². The van der Waals surface area contributed by atoms with Crippen molar-refractivity contribution in [2.24, 2.45) is 0 Å². The van der Waals surface area contributed by atoms with Gasteiger partial charge >= 0.3 is 0 Å². The smallest absolute Gasteiger partial charge is 0.119 e. The van der Waals surface area contributed by atoms with Gasteiger partial charge in [-0.15, -0.1) is 0 Å². The van der Waals surface area contributed by atoms with Crippen molar-refractivity contribution in [2.45, 2.75) is 48.8 Å². The molecule has 0 heterocycles. The molecule has 0 bridgehead atoms. The van der Waals surface area contributed by atoms with Crippen molar-refractivity contribution in [3.05, 3.63) is 0 Å². The standard InChI is InChI=1S/C12H26O9/c13-4-8(17)1-11(20,2-9(18)5-14)12(21,7-16)3-10(19)6-15/h8-10,13-21H,1-7H2. The van der Waals surface area contributed by atoms with Crippen molar-refractivity contribution in [3.63, 3.8) is 0 Å². The lowest BCUT2D eigenvalue weighted by Gasteiger charge is -2.45. The molecule has 9 heteroatoms. The highest BCUT2D eigenvalue weighted by atomic mass is 16.4. The quantitative estimate of drug-likeness (QED) is 0.182. The first-order valence-corrected chi connectivity index (χ1v) is 6.60. The fourth-order valence-corrected chi connectivity index (χ4v) is 2.23. The number of hydrogen-bond acceptors (Lipinski definition) is 9. The summed E-state index contributed by atoms with van der Waals surface area (Å²) in [6, 6.07) is 0. The normalized spacial score (nSPS) is 22.1. The largest absolute Gasteiger partial charge is 0.394 e. The van der Waals surface area contributed by atoms with E-state index in [9.17, 15) is 30.6 Å². The molecule has 0 saturated carbocycles. The second-order valence-corrected chi connectivity index (χ2v) is 5.34. The van der Waals surface area contributed by atoms with Crippen LogP contribution in [-0.4, -0.2) is 102 Å². The highest BCUT2D eigenvalue weighted by Crippen LogP contribution is 2.35. The van der Waals surface area contributed by atoms with Gasteiger partial charge in [0.05, 0.1) is 44.7 Å². The van der Waals surface area contributed by atoms with E-state index in [1.807, 2.05) is 0 Å². The summed E-state index contributed by atoms with van der Waals surface area (Å²) in [5, 5.41) is 85.1. The molecule has 4 unspecified atom stereocenters. The molecule has 0 aromatic carbocycles. The van der Waals surface area contributed by atoms with Crippen LogP contribution in [0.1, 0.15) is 19.3 Å². The van der Waals surface area contributed by atoms with Gasteiger partial charge in [0.2, 0.25) is 0 Å². The minimum atomic E-state index is -2.36. The Kier molecular flexibility index (Phi) is 8.78. The molecular weight excluding hydrogens is 288 g/mol. The van der Waals surface area contributed by atoms with Gasteiger partial charge in [0.15, 0.2) is 0 Å². The van der Waals surface area contributed by atoms with Crippen LogP contribution in [0.2, 0.25) is 0 Å². The molecule has 9 nitrogen and oxygen atoms in total. The molecule has 0 aliphatic carbocycles. The highest BCUT2D eigenvalue weighted by molar-refractivity contribution is 5.03. The van der Waals surface area contributed by atoms with E-state index in [4.69, 9.17) is 15.3 Å². The summed E-state index contributed by atoms with van der Waals surface area (Å²) in [5.74, 6) is 0. The summed E-state index contributed by atoms with van der Waals surface area (Å²) in [6.45, 7) is -3.23. The van der Waals surface area contributed by atoms with Crippen molar-refractivity contribution in [1.82, 2.24) is 0 Å². The van der Waals surface area contributed by atoms with Crippen molar-refractivity contribution < 1.29 is 46.0 Å². The van der Waals surface area contributed by atoms with Gasteiger partial charge < -0.3 is 46.0 Å². The predicted molar refractivity (Wildman–Crippen MR) is 70.1 cm³/mol. The lowest BCUT2D eigenvalue weighted by Crippen LogP contribution is -2.61. The molecule has 0 aliphatic heterocycles. The van der Waals surface area contributed by atoms with Crippen LogP contribution in [0.15, 0.2) is 0 Å². The van der Waals surface area contributed by atoms with Crippen LogP contribution in [0.5, 0.6) is 0 Å². The average molecular weight is 314 g/mol. The van der Waals surface area contributed by atoms with Gasteiger partial charge in [0.1, 0.15) is 11.2 Å². The molecule has 0 aromatic heterocycles. The maximum Gasteiger partial charge on any atom is 0.119 e. The van der Waals surface area contributed by atoms with E-state index in [1.54, 1.807) is 0 Å². The summed E-state index contributed by atoms with van der Waals surface area (Å²) in [6.07, 6.45) is -6.22. The van der Waals surface area contributed by atoms with Crippen LogP contribution in [0, 0.1) is 0 Å². The second-order valence-electron chi connectivity index (χ2n) is 5.34. The third kappa shape index (κ3) is 5.74. The first-order chi connectivity index (χ1) is 9.67. The van der Waals surface area contributed by atoms with E-state index >= 15 is 0 Å². The van der Waals surface area contributed by atoms with Crippen LogP contribution >= 0.6 is 0 Å². The van der Waals surface area contributed by atoms with E-state index in [2.05, 4.69) is 0 Å². The Labute approximate surface area is 122 Å². The summed E-state index contributed by atoms with van der Waals surface area (Å²) in [7, 11) is 0. The molecule has 4 atom stereocenters. The van der Waals surface area contributed by atoms with E-state index in [0.29, 0.717) is 0 Å². The summed E-state index contributed by atoms with van der Waals surface area (Å²) in [5.41, 5.74) is -4.66. The first-order valence-electron chi connectivity index (χ1n) is 6.60. The van der Waals surface area contributed by atoms with Gasteiger partial charge in [-0.25, -0.2) is 0 Å². The Bertz CT molecular complexity index is 276. The Morgan fingerprint density at radius 2 is 0.857 bits per heavy atom. The monoisotopic (exact) mass is 314 g/mol. The Morgan fingerprint density at radius 1 is 0.571 bits per heavy atom. The van der Waals surface area contributed by atoms with Crippen molar-refractivity contribution >= 4 is 0 Å². The van der Waals surface area contributed by atoms with Gasteiger partial charge in [0.25, 0.3) is 0 Å². The number of aliphatic hydroxyl groups excluding tert-OH is 7. The summed E-state index contributed by atoms with van der Waals surface area (Å²) in [4.78, 5) is 0. The van der Waals surface area contributed by atoms with Gasteiger partial charge in [0, 0.05) is 19.3 Å². The number of hydrogen-bond donors (Lipinski definition) is 9. The molecule has 0 radical (unpaired) electrons. The van der Waals surface area contributed by atoms with Gasteiger partial charge in [-0.1, -0.05) is 0 Å². The lowest BCUT2D eigenvalue weighted by molar-refractivity contribution is -0.214. The molecule has 0 fully saturated rings. The zero-order chi connectivity index (χ0) is 16.7. The number of aliphatic hydroxyl groups is 9. The molecule has 21 heavy (non-hydrogen) atoms. The molecule has 128 valence electrons. The molecule has 0 spiro atoms. The lowest BCUT2D eigenvalue weighted by atomic mass is 9.73. The van der Waals surface area contributed by atoms with Crippen LogP contribution < -0.4 is 0 Å². The predicted octanol–water partition coefficient (Wildman–Crippen LogP) is -4.33. The van der Waals surface area contributed by atoms with Crippen LogP contribution in [0.25, 0.3) is 0 Å². The van der Waals surface area contributed by atoms with Crippen molar-refractivity contribution in [1.29, 1.82) is 0 Å². The maximum absolute atomic E-state index is 10.5. The highest BCUT2D eigenvalue weighted by Gasteiger charge is 2.51. The fourth-order valence-electron chi connectivity index (χ4n) is 2.23. The van der Waals surface area contributed by atoms with Crippen LogP contribution in [-0.2, 0) is 0 Å². The van der Waals surface area contributed by atoms with Gasteiger partial charge in [-0.05, 0) is 0 Å². The maximum atomic E-state index is 10.5. The third-order valence-electron chi connectivity index (χ3n) is 3.48. The first kappa shape index (κ1) is 20.6. The molecule has 0 amide bonds. The number of rotatable bonds is 11. The topological polar surface area (TPSA) is 182 Å². The van der Waals surface area contributed by atoms with E-state index < -0.39 is 75.2 Å². The van der Waals surface area contributed by atoms with Crippen molar-refractivity contribution in [2.75, 3.05) is 26.4 Å². The zero-order valence-electron chi connectivity index (χ0n) is 11.7. The van der Waals surface area contributed by atoms with E-state index in [-0.39, 0.29) is 0 Å². The average Bonchev–Trinajstić information content (AvgIpc) is 2.45. The SMILES string of the molecule is OCC(O)CC(O)(CO)C(O)(CC(O)CO)CC(O)CO.